The summed E-state index contributed by atoms with van der Waals surface area (Å²) in [6.45, 7) is 11.4. The van der Waals surface area contributed by atoms with Gasteiger partial charge in [-0.15, -0.1) is 0 Å². The third-order valence-corrected chi connectivity index (χ3v) is 4.13. The molecule has 2 rings (SSSR count). The zero-order valence-electron chi connectivity index (χ0n) is 13.1. The van der Waals surface area contributed by atoms with Crippen molar-refractivity contribution in [3.63, 3.8) is 0 Å². The molecular formula is C15H28N4O. The number of aromatic nitrogens is 3. The first-order chi connectivity index (χ1) is 9.65. The van der Waals surface area contributed by atoms with Gasteiger partial charge >= 0.3 is 0 Å². The van der Waals surface area contributed by atoms with Gasteiger partial charge in [0.05, 0.1) is 0 Å². The van der Waals surface area contributed by atoms with Crippen molar-refractivity contribution in [2.45, 2.75) is 46.6 Å². The van der Waals surface area contributed by atoms with E-state index in [1.165, 1.54) is 0 Å². The van der Waals surface area contributed by atoms with Crippen LogP contribution in [-0.2, 0) is 17.7 Å². The van der Waals surface area contributed by atoms with Gasteiger partial charge < -0.3 is 10.1 Å². The average molecular weight is 280 g/mol. The molecule has 1 aliphatic rings. The molecule has 1 aliphatic heterocycles. The van der Waals surface area contributed by atoms with Gasteiger partial charge in [-0.1, -0.05) is 13.8 Å². The Bertz CT molecular complexity index is 396. The zero-order valence-corrected chi connectivity index (χ0v) is 13.1. The van der Waals surface area contributed by atoms with Gasteiger partial charge in [0, 0.05) is 32.7 Å². The molecule has 5 heteroatoms. The van der Waals surface area contributed by atoms with Crippen molar-refractivity contribution in [3.8, 4) is 0 Å². The molecule has 1 N–H and O–H groups in total. The number of hydrogen-bond donors (Lipinski definition) is 1. The monoisotopic (exact) mass is 280 g/mol. The molecule has 0 saturated carbocycles. The van der Waals surface area contributed by atoms with E-state index in [-0.39, 0.29) is 5.41 Å². The van der Waals surface area contributed by atoms with E-state index >= 15 is 0 Å². The summed E-state index contributed by atoms with van der Waals surface area (Å²) in [5.74, 6) is 1.80. The number of nitrogens with one attached hydrogen (secondary N) is 1. The fourth-order valence-corrected chi connectivity index (χ4v) is 2.87. The lowest BCUT2D eigenvalue weighted by Crippen LogP contribution is -2.42. The van der Waals surface area contributed by atoms with Gasteiger partial charge in [-0.05, 0) is 37.6 Å². The Labute approximate surface area is 122 Å². The molecule has 0 aliphatic carbocycles. The van der Waals surface area contributed by atoms with Crippen LogP contribution in [0, 0.1) is 11.3 Å². The van der Waals surface area contributed by atoms with Crippen LogP contribution in [0.1, 0.15) is 39.4 Å². The highest BCUT2D eigenvalue weighted by Crippen LogP contribution is 2.33. The van der Waals surface area contributed by atoms with Gasteiger partial charge in [0.15, 0.2) is 0 Å². The van der Waals surface area contributed by atoms with Crippen molar-refractivity contribution < 1.29 is 4.74 Å². The second kappa shape index (κ2) is 7.18. The number of aryl methyl sites for hydroxylation is 1. The molecule has 1 fully saturated rings. The van der Waals surface area contributed by atoms with Crippen molar-refractivity contribution >= 4 is 0 Å². The second-order valence-corrected chi connectivity index (χ2v) is 6.31. The van der Waals surface area contributed by atoms with Crippen LogP contribution < -0.4 is 5.32 Å². The molecule has 1 aromatic rings. The summed E-state index contributed by atoms with van der Waals surface area (Å²) in [6, 6.07) is 0. The van der Waals surface area contributed by atoms with Gasteiger partial charge in [0.1, 0.15) is 12.2 Å². The van der Waals surface area contributed by atoms with Crippen LogP contribution >= 0.6 is 0 Å². The molecule has 0 bridgehead atoms. The Balaban J connectivity index is 2.02. The normalized spacial score (nSPS) is 18.6. The minimum Gasteiger partial charge on any atom is -0.381 e. The van der Waals surface area contributed by atoms with E-state index < -0.39 is 0 Å². The molecule has 0 amide bonds. The molecule has 0 spiro atoms. The third kappa shape index (κ3) is 4.03. The topological polar surface area (TPSA) is 52.0 Å². The maximum atomic E-state index is 5.56. The lowest BCUT2D eigenvalue weighted by Gasteiger charge is -2.37. The van der Waals surface area contributed by atoms with Crippen LogP contribution in [0.15, 0.2) is 6.33 Å². The van der Waals surface area contributed by atoms with E-state index in [1.807, 2.05) is 4.68 Å². The van der Waals surface area contributed by atoms with Gasteiger partial charge in [0.25, 0.3) is 0 Å². The predicted molar refractivity (Wildman–Crippen MR) is 79.6 cm³/mol. The molecule has 0 radical (unpaired) electrons. The maximum absolute atomic E-state index is 5.56. The lowest BCUT2D eigenvalue weighted by atomic mass is 9.77. The van der Waals surface area contributed by atoms with E-state index in [0.717, 1.165) is 57.9 Å². The molecule has 5 nitrogen and oxygen atoms in total. The quantitative estimate of drug-likeness (QED) is 0.828. The van der Waals surface area contributed by atoms with Crippen LogP contribution in [-0.4, -0.2) is 41.1 Å². The van der Waals surface area contributed by atoms with Crippen molar-refractivity contribution in [3.05, 3.63) is 12.2 Å². The molecule has 114 valence electrons. The zero-order chi connectivity index (χ0) is 14.4. The lowest BCUT2D eigenvalue weighted by molar-refractivity contribution is 0.0133. The Morgan fingerprint density at radius 1 is 1.40 bits per heavy atom. The summed E-state index contributed by atoms with van der Waals surface area (Å²) in [6.07, 6.45) is 4.88. The Kier molecular flexibility index (Phi) is 5.54. The summed E-state index contributed by atoms with van der Waals surface area (Å²) in [5, 5.41) is 7.93. The fourth-order valence-electron chi connectivity index (χ4n) is 2.87. The molecule has 1 aromatic heterocycles. The van der Waals surface area contributed by atoms with E-state index in [9.17, 15) is 0 Å². The highest BCUT2D eigenvalue weighted by atomic mass is 16.5. The molecule has 1 saturated heterocycles. The maximum Gasteiger partial charge on any atom is 0.138 e. The molecule has 0 unspecified atom stereocenters. The third-order valence-electron chi connectivity index (χ3n) is 4.13. The van der Waals surface area contributed by atoms with Crippen molar-refractivity contribution in [2.24, 2.45) is 11.3 Å². The van der Waals surface area contributed by atoms with Crippen LogP contribution in [0.2, 0.25) is 0 Å². The number of nitrogens with zero attached hydrogens (tertiary/aromatic N) is 3. The first-order valence-electron chi connectivity index (χ1n) is 7.80. The van der Waals surface area contributed by atoms with E-state index in [1.54, 1.807) is 6.33 Å². The number of rotatable bonds is 7. The van der Waals surface area contributed by atoms with Crippen LogP contribution in [0.3, 0.4) is 0 Å². The highest BCUT2D eigenvalue weighted by molar-refractivity contribution is 4.96. The average Bonchev–Trinajstić information content (AvgIpc) is 2.86. The fraction of sp³-hybridized carbons (Fsp3) is 0.867. The Hall–Kier alpha value is -0.940. The van der Waals surface area contributed by atoms with Crippen LogP contribution in [0.25, 0.3) is 0 Å². The van der Waals surface area contributed by atoms with Gasteiger partial charge in [-0.25, -0.2) is 4.98 Å². The summed E-state index contributed by atoms with van der Waals surface area (Å²) in [4.78, 5) is 4.45. The predicted octanol–water partition coefficient (Wildman–Crippen LogP) is 1.88. The van der Waals surface area contributed by atoms with Gasteiger partial charge in [-0.2, -0.15) is 5.10 Å². The summed E-state index contributed by atoms with van der Waals surface area (Å²) in [7, 11) is 0. The molecular weight excluding hydrogens is 252 g/mol. The molecule has 2 heterocycles. The van der Waals surface area contributed by atoms with Crippen molar-refractivity contribution in [1.29, 1.82) is 0 Å². The summed E-state index contributed by atoms with van der Waals surface area (Å²) >= 11 is 0. The van der Waals surface area contributed by atoms with Crippen molar-refractivity contribution in [2.75, 3.05) is 26.3 Å². The van der Waals surface area contributed by atoms with Crippen LogP contribution in [0.4, 0.5) is 0 Å². The summed E-state index contributed by atoms with van der Waals surface area (Å²) < 4.78 is 7.57. The minimum absolute atomic E-state index is 0.271. The standard InChI is InChI=1S/C15H28N4O/c1-4-19-14(17-12-18-19)9-15(5-7-20-8-6-15)11-16-10-13(2)3/h12-13,16H,4-11H2,1-3H3. The highest BCUT2D eigenvalue weighted by Gasteiger charge is 2.34. The van der Waals surface area contributed by atoms with E-state index in [2.05, 4.69) is 36.2 Å². The van der Waals surface area contributed by atoms with Gasteiger partial charge in [-0.3, -0.25) is 4.68 Å². The van der Waals surface area contributed by atoms with Gasteiger partial charge in [0.2, 0.25) is 0 Å². The smallest absolute Gasteiger partial charge is 0.138 e. The first kappa shape index (κ1) is 15.4. The second-order valence-electron chi connectivity index (χ2n) is 6.31. The summed E-state index contributed by atoms with van der Waals surface area (Å²) in [5.41, 5.74) is 0.271. The van der Waals surface area contributed by atoms with Crippen LogP contribution in [0.5, 0.6) is 0 Å². The molecule has 20 heavy (non-hydrogen) atoms. The first-order valence-corrected chi connectivity index (χ1v) is 7.80. The Morgan fingerprint density at radius 2 is 2.15 bits per heavy atom. The largest absolute Gasteiger partial charge is 0.381 e. The van der Waals surface area contributed by atoms with E-state index in [0.29, 0.717) is 5.92 Å². The Morgan fingerprint density at radius 3 is 2.80 bits per heavy atom. The molecule has 0 atom stereocenters. The number of hydrogen-bond acceptors (Lipinski definition) is 4. The molecule has 0 aromatic carbocycles. The SMILES string of the molecule is CCn1ncnc1CC1(CNCC(C)C)CCOCC1. The van der Waals surface area contributed by atoms with Crippen molar-refractivity contribution in [1.82, 2.24) is 20.1 Å². The minimum atomic E-state index is 0.271. The van der Waals surface area contributed by atoms with E-state index in [4.69, 9.17) is 4.74 Å². The number of ether oxygens (including phenoxy) is 1.